The van der Waals surface area contributed by atoms with Crippen LogP contribution in [0.4, 0.5) is 4.39 Å². The van der Waals surface area contributed by atoms with Crippen molar-refractivity contribution in [2.45, 2.75) is 11.8 Å². The Labute approximate surface area is 123 Å². The van der Waals surface area contributed by atoms with E-state index in [2.05, 4.69) is 15.9 Å². The molecule has 0 atom stereocenters. The van der Waals surface area contributed by atoms with E-state index in [0.717, 1.165) is 14.9 Å². The minimum atomic E-state index is -0.791. The molecule has 0 radical (unpaired) electrons. The van der Waals surface area contributed by atoms with Gasteiger partial charge in [0.25, 0.3) is 0 Å². The fraction of sp³-hybridized carbons (Fsp3) is 0.286. The molecule has 0 aliphatic heterocycles. The molecule has 0 saturated heterocycles. The number of aliphatic hydroxyl groups is 2. The molecule has 19 heavy (non-hydrogen) atoms. The molecule has 5 heteroatoms. The van der Waals surface area contributed by atoms with Gasteiger partial charge >= 0.3 is 0 Å². The average molecular weight is 345 g/mol. The van der Waals surface area contributed by atoms with Crippen molar-refractivity contribution >= 4 is 27.3 Å². The molecule has 2 rings (SSSR count). The van der Waals surface area contributed by atoms with E-state index in [0.29, 0.717) is 6.42 Å². The Morgan fingerprint density at radius 1 is 1.11 bits per heavy atom. The van der Waals surface area contributed by atoms with Crippen molar-refractivity contribution < 1.29 is 14.6 Å². The third-order valence-electron chi connectivity index (χ3n) is 3.25. The van der Waals surface area contributed by atoms with Crippen LogP contribution in [-0.2, 0) is 11.8 Å². The van der Waals surface area contributed by atoms with E-state index in [-0.39, 0.29) is 19.0 Å². The first-order valence-corrected chi connectivity index (χ1v) is 7.48. The number of hydrogen-bond donors (Lipinski definition) is 2. The predicted molar refractivity (Wildman–Crippen MR) is 78.0 cm³/mol. The Kier molecular flexibility index (Phi) is 4.73. The van der Waals surface area contributed by atoms with Crippen LogP contribution in [0.25, 0.3) is 0 Å². The maximum absolute atomic E-state index is 13.0. The summed E-state index contributed by atoms with van der Waals surface area (Å²) in [4.78, 5) is 1.05. The Morgan fingerprint density at radius 3 is 2.21 bits per heavy atom. The molecular formula is C14H14BrFO2S. The summed E-state index contributed by atoms with van der Waals surface area (Å²) >= 11 is 5.01. The lowest BCUT2D eigenvalue weighted by Crippen LogP contribution is -2.37. The van der Waals surface area contributed by atoms with E-state index in [1.165, 1.54) is 12.1 Å². The number of rotatable bonds is 5. The molecule has 0 saturated carbocycles. The summed E-state index contributed by atoms with van der Waals surface area (Å²) in [7, 11) is 0. The second kappa shape index (κ2) is 6.13. The Bertz CT molecular complexity index is 535. The second-order valence-corrected chi connectivity index (χ2v) is 6.33. The highest BCUT2D eigenvalue weighted by molar-refractivity contribution is 9.10. The predicted octanol–water partition coefficient (Wildman–Crippen LogP) is 3.11. The first-order valence-electron chi connectivity index (χ1n) is 5.81. The van der Waals surface area contributed by atoms with Gasteiger partial charge in [-0.1, -0.05) is 12.1 Å². The molecule has 0 fully saturated rings. The lowest BCUT2D eigenvalue weighted by Gasteiger charge is -2.30. The molecule has 0 bridgehead atoms. The van der Waals surface area contributed by atoms with Gasteiger partial charge in [0, 0.05) is 14.8 Å². The van der Waals surface area contributed by atoms with Crippen LogP contribution >= 0.6 is 27.3 Å². The van der Waals surface area contributed by atoms with Gasteiger partial charge in [0.2, 0.25) is 0 Å². The number of aliphatic hydroxyl groups excluding tert-OH is 2. The van der Waals surface area contributed by atoms with Gasteiger partial charge in [0.15, 0.2) is 0 Å². The van der Waals surface area contributed by atoms with Crippen LogP contribution in [0, 0.1) is 5.82 Å². The van der Waals surface area contributed by atoms with Crippen LogP contribution in [0.1, 0.15) is 10.4 Å². The summed E-state index contributed by atoms with van der Waals surface area (Å²) in [5.74, 6) is -0.328. The van der Waals surface area contributed by atoms with Gasteiger partial charge in [-0.25, -0.2) is 4.39 Å². The van der Waals surface area contributed by atoms with Gasteiger partial charge in [0.1, 0.15) is 5.82 Å². The third kappa shape index (κ3) is 3.05. The maximum Gasteiger partial charge on any atom is 0.123 e. The lowest BCUT2D eigenvalue weighted by atomic mass is 9.78. The molecule has 1 heterocycles. The Hall–Kier alpha value is -0.750. The van der Waals surface area contributed by atoms with Crippen molar-refractivity contribution in [2.24, 2.45) is 0 Å². The number of thiophene rings is 1. The summed E-state index contributed by atoms with van der Waals surface area (Å²) in [6, 6.07) is 7.86. The van der Waals surface area contributed by atoms with Crippen LogP contribution < -0.4 is 0 Å². The van der Waals surface area contributed by atoms with Crippen molar-refractivity contribution in [2.75, 3.05) is 13.2 Å². The highest BCUT2D eigenvalue weighted by atomic mass is 79.9. The number of benzene rings is 1. The van der Waals surface area contributed by atoms with Crippen LogP contribution in [0.2, 0.25) is 0 Å². The fourth-order valence-corrected chi connectivity index (χ4v) is 3.64. The van der Waals surface area contributed by atoms with Gasteiger partial charge in [-0.15, -0.1) is 11.3 Å². The highest BCUT2D eigenvalue weighted by Crippen LogP contribution is 2.33. The third-order valence-corrected chi connectivity index (χ3v) is 5.18. The SMILES string of the molecule is OCC(CO)(Cc1sccc1Br)c1ccc(F)cc1. The summed E-state index contributed by atoms with van der Waals surface area (Å²) in [6.45, 7) is -0.390. The number of halogens is 2. The largest absolute Gasteiger partial charge is 0.395 e. The van der Waals surface area contributed by atoms with Gasteiger partial charge in [0.05, 0.1) is 13.2 Å². The van der Waals surface area contributed by atoms with E-state index in [9.17, 15) is 14.6 Å². The van der Waals surface area contributed by atoms with E-state index in [1.54, 1.807) is 23.5 Å². The van der Waals surface area contributed by atoms with Crippen LogP contribution in [0.5, 0.6) is 0 Å². The Balaban J connectivity index is 2.37. The topological polar surface area (TPSA) is 40.5 Å². The van der Waals surface area contributed by atoms with Crippen LogP contribution in [0.15, 0.2) is 40.2 Å². The zero-order valence-corrected chi connectivity index (χ0v) is 12.5. The summed E-state index contributed by atoms with van der Waals surface area (Å²) in [5.41, 5.74) is -0.0552. The molecule has 2 nitrogen and oxygen atoms in total. The first kappa shape index (κ1) is 14.7. The monoisotopic (exact) mass is 344 g/mol. The second-order valence-electron chi connectivity index (χ2n) is 4.47. The van der Waals surface area contributed by atoms with Gasteiger partial charge < -0.3 is 10.2 Å². The van der Waals surface area contributed by atoms with E-state index in [4.69, 9.17) is 0 Å². The summed E-state index contributed by atoms with van der Waals surface area (Å²) in [6.07, 6.45) is 0.504. The first-order chi connectivity index (χ1) is 9.11. The molecule has 1 aromatic carbocycles. The molecule has 0 aliphatic rings. The van der Waals surface area contributed by atoms with Crippen molar-refractivity contribution in [1.82, 2.24) is 0 Å². The molecule has 0 unspecified atom stereocenters. The zero-order valence-electron chi connectivity index (χ0n) is 10.1. The summed E-state index contributed by atoms with van der Waals surface area (Å²) < 4.78 is 14.0. The molecule has 0 amide bonds. The normalized spacial score (nSPS) is 11.8. The van der Waals surface area contributed by atoms with Crippen LogP contribution in [0.3, 0.4) is 0 Å². The minimum absolute atomic E-state index is 0.195. The van der Waals surface area contributed by atoms with E-state index < -0.39 is 5.41 Å². The quantitative estimate of drug-likeness (QED) is 0.874. The fourth-order valence-electron chi connectivity index (χ4n) is 2.01. The minimum Gasteiger partial charge on any atom is -0.395 e. The maximum atomic E-state index is 13.0. The molecule has 2 aromatic rings. The van der Waals surface area contributed by atoms with Gasteiger partial charge in [-0.05, 0) is 51.5 Å². The molecular weight excluding hydrogens is 331 g/mol. The number of hydrogen-bond acceptors (Lipinski definition) is 3. The standard InChI is InChI=1S/C14H14BrFO2S/c15-12-5-6-19-13(12)7-14(8-17,9-18)10-1-3-11(16)4-2-10/h1-6,17-18H,7-9H2. The zero-order chi connectivity index (χ0) is 13.9. The molecule has 1 aromatic heterocycles. The van der Waals surface area contributed by atoms with Crippen molar-refractivity contribution in [3.05, 3.63) is 56.4 Å². The van der Waals surface area contributed by atoms with Gasteiger partial charge in [-0.2, -0.15) is 0 Å². The van der Waals surface area contributed by atoms with Crippen molar-refractivity contribution in [1.29, 1.82) is 0 Å². The summed E-state index contributed by atoms with van der Waals surface area (Å²) in [5, 5.41) is 21.4. The smallest absolute Gasteiger partial charge is 0.123 e. The van der Waals surface area contributed by atoms with E-state index in [1.807, 2.05) is 11.4 Å². The van der Waals surface area contributed by atoms with E-state index >= 15 is 0 Å². The molecule has 2 N–H and O–H groups in total. The molecule has 102 valence electrons. The highest BCUT2D eigenvalue weighted by Gasteiger charge is 2.32. The van der Waals surface area contributed by atoms with Crippen molar-refractivity contribution in [3.63, 3.8) is 0 Å². The Morgan fingerprint density at radius 2 is 1.74 bits per heavy atom. The van der Waals surface area contributed by atoms with Crippen LogP contribution in [-0.4, -0.2) is 23.4 Å². The lowest BCUT2D eigenvalue weighted by molar-refractivity contribution is 0.116. The molecule has 0 spiro atoms. The molecule has 0 aliphatic carbocycles. The van der Waals surface area contributed by atoms with Gasteiger partial charge in [-0.3, -0.25) is 0 Å². The average Bonchev–Trinajstić information content (AvgIpc) is 2.82. The van der Waals surface area contributed by atoms with Crippen molar-refractivity contribution in [3.8, 4) is 0 Å².